The van der Waals surface area contributed by atoms with Crippen molar-refractivity contribution in [1.29, 1.82) is 0 Å². The van der Waals surface area contributed by atoms with Gasteiger partial charge in [-0.15, -0.1) is 0 Å². The molecule has 0 radical (unpaired) electrons. The van der Waals surface area contributed by atoms with E-state index in [9.17, 15) is 9.59 Å². The van der Waals surface area contributed by atoms with Crippen molar-refractivity contribution < 1.29 is 9.59 Å². The van der Waals surface area contributed by atoms with Crippen LogP contribution in [0.5, 0.6) is 0 Å². The van der Waals surface area contributed by atoms with Crippen LogP contribution in [0.1, 0.15) is 13.8 Å². The van der Waals surface area contributed by atoms with Crippen LogP contribution in [0.4, 0.5) is 0 Å². The van der Waals surface area contributed by atoms with E-state index in [1.165, 1.54) is 0 Å². The predicted octanol–water partition coefficient (Wildman–Crippen LogP) is 0.122. The highest BCUT2D eigenvalue weighted by atomic mass is 16.2. The van der Waals surface area contributed by atoms with Gasteiger partial charge in [0, 0.05) is 10.8 Å². The van der Waals surface area contributed by atoms with Crippen molar-refractivity contribution in [2.75, 3.05) is 0 Å². The summed E-state index contributed by atoms with van der Waals surface area (Å²) >= 11 is 0. The minimum Gasteiger partial charge on any atom is -0.348 e. The largest absolute Gasteiger partial charge is 0.348 e. The summed E-state index contributed by atoms with van der Waals surface area (Å²) in [5.74, 6) is -0.0973. The second kappa shape index (κ2) is 2.56. The fraction of sp³-hybridized carbons (Fsp3) is 0.500. The Balaban J connectivity index is 2.06. The second-order valence-electron chi connectivity index (χ2n) is 5.28. The Morgan fingerprint density at radius 1 is 0.938 bits per heavy atom. The third-order valence-corrected chi connectivity index (χ3v) is 4.25. The van der Waals surface area contributed by atoms with Gasteiger partial charge in [-0.25, -0.2) is 0 Å². The van der Waals surface area contributed by atoms with Crippen LogP contribution in [0.15, 0.2) is 24.3 Å². The second-order valence-corrected chi connectivity index (χ2v) is 5.28. The van der Waals surface area contributed by atoms with Crippen LogP contribution < -0.4 is 10.6 Å². The first kappa shape index (κ1) is 9.63. The maximum atomic E-state index is 11.4. The van der Waals surface area contributed by atoms with Gasteiger partial charge in [0.15, 0.2) is 0 Å². The first-order valence-electron chi connectivity index (χ1n) is 5.46. The summed E-state index contributed by atoms with van der Waals surface area (Å²) in [6.45, 7) is 4.14. The molecule has 1 aliphatic carbocycles. The summed E-state index contributed by atoms with van der Waals surface area (Å²) in [4.78, 5) is 22.7. The minimum absolute atomic E-state index is 0.0487. The quantitative estimate of drug-likeness (QED) is 0.607. The van der Waals surface area contributed by atoms with Gasteiger partial charge in [-0.3, -0.25) is 9.59 Å². The highest BCUT2D eigenvalue weighted by Gasteiger charge is 2.67. The summed E-state index contributed by atoms with van der Waals surface area (Å²) in [5, 5.41) is 5.97. The van der Waals surface area contributed by atoms with E-state index >= 15 is 0 Å². The third kappa shape index (κ3) is 0.900. The molecule has 16 heavy (non-hydrogen) atoms. The Morgan fingerprint density at radius 3 is 1.69 bits per heavy atom. The minimum atomic E-state index is -0.164. The Labute approximate surface area is 93.8 Å². The average molecular weight is 218 g/mol. The van der Waals surface area contributed by atoms with Crippen LogP contribution in [0.25, 0.3) is 0 Å². The van der Waals surface area contributed by atoms with Crippen LogP contribution in [0.3, 0.4) is 0 Å². The molecule has 1 saturated carbocycles. The first-order chi connectivity index (χ1) is 7.47. The summed E-state index contributed by atoms with van der Waals surface area (Å²) in [7, 11) is 0. The molecule has 2 aliphatic heterocycles. The fourth-order valence-corrected chi connectivity index (χ4v) is 3.48. The van der Waals surface area contributed by atoms with Crippen LogP contribution in [-0.2, 0) is 9.59 Å². The summed E-state index contributed by atoms with van der Waals surface area (Å²) in [5.41, 5.74) is -0.327. The van der Waals surface area contributed by atoms with E-state index in [0.29, 0.717) is 0 Å². The molecule has 2 N–H and O–H groups in total. The molecule has 0 spiro atoms. The van der Waals surface area contributed by atoms with Crippen LogP contribution in [0, 0.1) is 10.8 Å². The molecule has 0 bridgehead atoms. The number of hydrogen-bond donors (Lipinski definition) is 2. The molecule has 4 nitrogen and oxygen atoms in total. The zero-order valence-electron chi connectivity index (χ0n) is 9.28. The van der Waals surface area contributed by atoms with Gasteiger partial charge in [-0.1, -0.05) is 26.0 Å². The lowest BCUT2D eigenvalue weighted by atomic mass is 9.45. The monoisotopic (exact) mass is 218 g/mol. The number of carbonyl (C=O) groups is 2. The molecule has 0 aromatic rings. The van der Waals surface area contributed by atoms with Gasteiger partial charge in [0.05, 0.1) is 12.1 Å². The first-order valence-corrected chi connectivity index (χ1v) is 5.46. The van der Waals surface area contributed by atoms with E-state index in [2.05, 4.69) is 24.5 Å². The van der Waals surface area contributed by atoms with Crippen molar-refractivity contribution in [3.8, 4) is 0 Å². The molecule has 0 saturated heterocycles. The van der Waals surface area contributed by atoms with E-state index in [4.69, 9.17) is 0 Å². The zero-order chi connectivity index (χ0) is 11.6. The van der Waals surface area contributed by atoms with Crippen molar-refractivity contribution in [3.63, 3.8) is 0 Å². The lowest BCUT2D eigenvalue weighted by Crippen LogP contribution is -2.80. The highest BCUT2D eigenvalue weighted by Crippen LogP contribution is 2.57. The topological polar surface area (TPSA) is 58.2 Å². The molecule has 0 unspecified atom stereocenters. The molecular weight excluding hydrogens is 204 g/mol. The van der Waals surface area contributed by atoms with Gasteiger partial charge in [-0.2, -0.15) is 0 Å². The van der Waals surface area contributed by atoms with Crippen molar-refractivity contribution in [1.82, 2.24) is 10.6 Å². The van der Waals surface area contributed by atoms with Crippen molar-refractivity contribution in [2.45, 2.75) is 25.9 Å². The molecule has 1 fully saturated rings. The van der Waals surface area contributed by atoms with Gasteiger partial charge in [-0.05, 0) is 12.2 Å². The Bertz CT molecular complexity index is 400. The number of carbonyl (C=O) groups excluding carboxylic acids is 2. The summed E-state index contributed by atoms with van der Waals surface area (Å²) < 4.78 is 0. The van der Waals surface area contributed by atoms with Crippen LogP contribution in [0.2, 0.25) is 0 Å². The average Bonchev–Trinajstić information content (AvgIpc) is 2.26. The molecule has 0 aromatic carbocycles. The number of amides is 2. The maximum Gasteiger partial charge on any atom is 0.243 e. The summed E-state index contributed by atoms with van der Waals surface area (Å²) in [6.07, 6.45) is 6.95. The van der Waals surface area contributed by atoms with E-state index < -0.39 is 0 Å². The van der Waals surface area contributed by atoms with Crippen molar-refractivity contribution >= 4 is 11.8 Å². The molecule has 84 valence electrons. The zero-order valence-corrected chi connectivity index (χ0v) is 9.28. The van der Waals surface area contributed by atoms with E-state index in [1.807, 2.05) is 12.2 Å². The number of rotatable bonds is 0. The SMILES string of the molecule is CC12C=CC(=O)NC1C1(C)C=CC(=O)NC21. The molecule has 0 aromatic heterocycles. The normalized spacial score (nSPS) is 48.6. The van der Waals surface area contributed by atoms with E-state index in [1.54, 1.807) is 12.2 Å². The Morgan fingerprint density at radius 2 is 1.31 bits per heavy atom. The van der Waals surface area contributed by atoms with Gasteiger partial charge >= 0.3 is 0 Å². The molecular formula is C12H14N2O2. The van der Waals surface area contributed by atoms with Gasteiger partial charge in [0.1, 0.15) is 0 Å². The highest BCUT2D eigenvalue weighted by molar-refractivity contribution is 5.92. The molecule has 2 heterocycles. The molecule has 3 aliphatic rings. The maximum absolute atomic E-state index is 11.4. The van der Waals surface area contributed by atoms with Gasteiger partial charge in [0.2, 0.25) is 11.8 Å². The fourth-order valence-electron chi connectivity index (χ4n) is 3.48. The van der Waals surface area contributed by atoms with E-state index in [0.717, 1.165) is 0 Å². The molecule has 3 rings (SSSR count). The Kier molecular flexibility index (Phi) is 1.54. The van der Waals surface area contributed by atoms with Crippen molar-refractivity contribution in [3.05, 3.63) is 24.3 Å². The summed E-state index contributed by atoms with van der Waals surface area (Å²) in [6, 6.07) is 0.138. The number of hydrogen-bond acceptors (Lipinski definition) is 2. The van der Waals surface area contributed by atoms with Crippen LogP contribution >= 0.6 is 0 Å². The predicted molar refractivity (Wildman–Crippen MR) is 58.4 cm³/mol. The Hall–Kier alpha value is -1.58. The van der Waals surface area contributed by atoms with Gasteiger partial charge in [0.25, 0.3) is 0 Å². The van der Waals surface area contributed by atoms with Gasteiger partial charge < -0.3 is 10.6 Å². The van der Waals surface area contributed by atoms with E-state index in [-0.39, 0.29) is 34.7 Å². The lowest BCUT2D eigenvalue weighted by molar-refractivity contribution is -0.134. The van der Waals surface area contributed by atoms with Crippen molar-refractivity contribution in [2.24, 2.45) is 10.8 Å². The molecule has 2 amide bonds. The smallest absolute Gasteiger partial charge is 0.243 e. The van der Waals surface area contributed by atoms with Crippen LogP contribution in [-0.4, -0.2) is 23.9 Å². The lowest BCUT2D eigenvalue weighted by Gasteiger charge is -2.66. The third-order valence-electron chi connectivity index (χ3n) is 4.25. The number of fused-ring (bicyclic) bond motifs is 4. The molecule has 0 atom stereocenters. The number of nitrogens with one attached hydrogen (secondary N) is 2. The molecule has 4 heteroatoms. The standard InChI is InChI=1S/C12H14N2O2/c1-11-5-3-7(15)13-9(11)12(2)6-4-8(16)14-10(11)12/h3-6,9-10H,1-2H3,(H,13,15)(H,14,16).